The molecule has 94 valence electrons. The van der Waals surface area contributed by atoms with Crippen LogP contribution in [0.25, 0.3) is 22.0 Å². The molecule has 2 aromatic carbocycles. The molecule has 0 aliphatic rings. The number of hydrogen-bond donors (Lipinski definition) is 1. The summed E-state index contributed by atoms with van der Waals surface area (Å²) in [6, 6.07) is 18.6. The van der Waals surface area contributed by atoms with E-state index in [4.69, 9.17) is 5.11 Å². The summed E-state index contributed by atoms with van der Waals surface area (Å²) in [6.45, 7) is 0.162. The number of pyridine rings is 1. The number of aliphatic hydroxyl groups is 1. The standard InChI is InChI=1S/C17H15NO/c19-11-10-13-8-9-17(18-12-13)16-7-3-5-14-4-1-2-6-15(14)16/h1-9,12,19H,10-11H2. The highest BCUT2D eigenvalue weighted by atomic mass is 16.2. The predicted octanol–water partition coefficient (Wildman–Crippen LogP) is 3.44. The topological polar surface area (TPSA) is 33.1 Å². The lowest BCUT2D eigenvalue weighted by Gasteiger charge is -2.06. The Hall–Kier alpha value is -2.19. The number of nitrogens with zero attached hydrogens (tertiary/aromatic N) is 1. The van der Waals surface area contributed by atoms with Gasteiger partial charge in [-0.2, -0.15) is 0 Å². The summed E-state index contributed by atoms with van der Waals surface area (Å²) in [5, 5.41) is 11.4. The Bertz CT molecular complexity index is 684. The van der Waals surface area contributed by atoms with Crippen molar-refractivity contribution in [2.24, 2.45) is 0 Å². The third-order valence-electron chi connectivity index (χ3n) is 3.29. The van der Waals surface area contributed by atoms with Gasteiger partial charge in [0.15, 0.2) is 0 Å². The molecular weight excluding hydrogens is 234 g/mol. The highest BCUT2D eigenvalue weighted by molar-refractivity contribution is 5.95. The van der Waals surface area contributed by atoms with Crippen LogP contribution in [0.3, 0.4) is 0 Å². The van der Waals surface area contributed by atoms with Gasteiger partial charge in [-0.15, -0.1) is 0 Å². The first-order valence-corrected chi connectivity index (χ1v) is 6.42. The van der Waals surface area contributed by atoms with Crippen molar-refractivity contribution in [2.75, 3.05) is 6.61 Å². The van der Waals surface area contributed by atoms with E-state index < -0.39 is 0 Å². The maximum atomic E-state index is 8.92. The molecule has 0 radical (unpaired) electrons. The zero-order chi connectivity index (χ0) is 13.1. The molecular formula is C17H15NO. The lowest BCUT2D eigenvalue weighted by Crippen LogP contribution is -1.92. The molecule has 2 heteroatoms. The minimum absolute atomic E-state index is 0.162. The number of fused-ring (bicyclic) bond motifs is 1. The fraction of sp³-hybridized carbons (Fsp3) is 0.118. The first-order valence-electron chi connectivity index (χ1n) is 6.42. The Morgan fingerprint density at radius 1 is 0.895 bits per heavy atom. The average molecular weight is 249 g/mol. The summed E-state index contributed by atoms with van der Waals surface area (Å²) in [6.07, 6.45) is 2.50. The summed E-state index contributed by atoms with van der Waals surface area (Å²) in [4.78, 5) is 4.51. The Morgan fingerprint density at radius 2 is 1.74 bits per heavy atom. The lowest BCUT2D eigenvalue weighted by molar-refractivity contribution is 0.299. The highest BCUT2D eigenvalue weighted by Gasteiger charge is 2.04. The third kappa shape index (κ3) is 2.35. The summed E-state index contributed by atoms with van der Waals surface area (Å²) < 4.78 is 0. The zero-order valence-electron chi connectivity index (χ0n) is 10.6. The molecule has 0 atom stereocenters. The van der Waals surface area contributed by atoms with Crippen LogP contribution < -0.4 is 0 Å². The fourth-order valence-corrected chi connectivity index (χ4v) is 2.31. The highest BCUT2D eigenvalue weighted by Crippen LogP contribution is 2.27. The number of aromatic nitrogens is 1. The molecule has 0 bridgehead atoms. The van der Waals surface area contributed by atoms with Crippen LogP contribution >= 0.6 is 0 Å². The molecule has 0 saturated carbocycles. The zero-order valence-corrected chi connectivity index (χ0v) is 10.6. The van der Waals surface area contributed by atoms with Crippen LogP contribution in [0.4, 0.5) is 0 Å². The SMILES string of the molecule is OCCc1ccc(-c2cccc3ccccc23)nc1. The van der Waals surface area contributed by atoms with Crippen LogP contribution in [0.1, 0.15) is 5.56 Å². The van der Waals surface area contributed by atoms with E-state index >= 15 is 0 Å². The van der Waals surface area contributed by atoms with Crippen LogP contribution in [-0.2, 0) is 6.42 Å². The Morgan fingerprint density at radius 3 is 2.53 bits per heavy atom. The first kappa shape index (κ1) is 11.9. The fourth-order valence-electron chi connectivity index (χ4n) is 2.31. The Labute approximate surface area is 112 Å². The molecule has 3 rings (SSSR count). The molecule has 1 N–H and O–H groups in total. The molecule has 0 fully saturated rings. The van der Waals surface area contributed by atoms with Gasteiger partial charge in [-0.1, -0.05) is 48.5 Å². The van der Waals surface area contributed by atoms with Crippen molar-refractivity contribution >= 4 is 10.8 Å². The van der Waals surface area contributed by atoms with Crippen LogP contribution in [0, 0.1) is 0 Å². The second kappa shape index (κ2) is 5.21. The summed E-state index contributed by atoms with van der Waals surface area (Å²) in [7, 11) is 0. The minimum atomic E-state index is 0.162. The number of hydrogen-bond acceptors (Lipinski definition) is 2. The van der Waals surface area contributed by atoms with Gasteiger partial charge in [0.2, 0.25) is 0 Å². The molecule has 0 aliphatic heterocycles. The largest absolute Gasteiger partial charge is 0.396 e. The second-order valence-electron chi connectivity index (χ2n) is 4.55. The van der Waals surface area contributed by atoms with Crippen molar-refractivity contribution in [1.82, 2.24) is 4.98 Å². The van der Waals surface area contributed by atoms with Gasteiger partial charge in [0.25, 0.3) is 0 Å². The van der Waals surface area contributed by atoms with Gasteiger partial charge in [-0.05, 0) is 28.8 Å². The molecule has 0 amide bonds. The lowest BCUT2D eigenvalue weighted by atomic mass is 10.0. The van der Waals surface area contributed by atoms with E-state index in [1.165, 1.54) is 10.8 Å². The predicted molar refractivity (Wildman–Crippen MR) is 78.0 cm³/mol. The van der Waals surface area contributed by atoms with E-state index in [9.17, 15) is 0 Å². The van der Waals surface area contributed by atoms with E-state index in [1.807, 2.05) is 30.5 Å². The molecule has 1 heterocycles. The molecule has 0 saturated heterocycles. The van der Waals surface area contributed by atoms with Gasteiger partial charge in [0.05, 0.1) is 5.69 Å². The van der Waals surface area contributed by atoms with Crippen molar-refractivity contribution in [1.29, 1.82) is 0 Å². The average Bonchev–Trinajstić information content (AvgIpc) is 2.48. The monoisotopic (exact) mass is 249 g/mol. The van der Waals surface area contributed by atoms with Crippen LogP contribution in [0.15, 0.2) is 60.8 Å². The van der Waals surface area contributed by atoms with Gasteiger partial charge in [0.1, 0.15) is 0 Å². The van der Waals surface area contributed by atoms with Gasteiger partial charge >= 0.3 is 0 Å². The second-order valence-corrected chi connectivity index (χ2v) is 4.55. The van der Waals surface area contributed by atoms with E-state index in [1.54, 1.807) is 0 Å². The molecule has 0 aliphatic carbocycles. The first-order chi connectivity index (χ1) is 9.38. The molecule has 0 unspecified atom stereocenters. The van der Waals surface area contributed by atoms with E-state index in [2.05, 4.69) is 35.3 Å². The number of aliphatic hydroxyl groups excluding tert-OH is 1. The maximum absolute atomic E-state index is 8.92. The quantitative estimate of drug-likeness (QED) is 0.771. The van der Waals surface area contributed by atoms with Gasteiger partial charge in [-0.3, -0.25) is 4.98 Å². The van der Waals surface area contributed by atoms with Gasteiger partial charge in [0, 0.05) is 18.4 Å². The van der Waals surface area contributed by atoms with Crippen LogP contribution in [0.2, 0.25) is 0 Å². The van der Waals surface area contributed by atoms with Crippen LogP contribution in [-0.4, -0.2) is 16.7 Å². The third-order valence-corrected chi connectivity index (χ3v) is 3.29. The summed E-state index contributed by atoms with van der Waals surface area (Å²) >= 11 is 0. The van der Waals surface area contributed by atoms with E-state index in [0.717, 1.165) is 16.8 Å². The Balaban J connectivity index is 2.08. The van der Waals surface area contributed by atoms with E-state index in [0.29, 0.717) is 6.42 Å². The van der Waals surface area contributed by atoms with Crippen molar-refractivity contribution in [2.45, 2.75) is 6.42 Å². The van der Waals surface area contributed by atoms with Crippen molar-refractivity contribution in [3.8, 4) is 11.3 Å². The molecule has 19 heavy (non-hydrogen) atoms. The molecule has 3 aromatic rings. The normalized spacial score (nSPS) is 10.8. The van der Waals surface area contributed by atoms with Gasteiger partial charge < -0.3 is 5.11 Å². The smallest absolute Gasteiger partial charge is 0.0708 e. The maximum Gasteiger partial charge on any atom is 0.0708 e. The Kier molecular flexibility index (Phi) is 3.25. The van der Waals surface area contributed by atoms with Crippen molar-refractivity contribution in [3.05, 3.63) is 66.4 Å². The molecule has 2 nitrogen and oxygen atoms in total. The molecule has 0 spiro atoms. The summed E-state index contributed by atoms with van der Waals surface area (Å²) in [5.41, 5.74) is 3.18. The van der Waals surface area contributed by atoms with Crippen molar-refractivity contribution < 1.29 is 5.11 Å². The van der Waals surface area contributed by atoms with Gasteiger partial charge in [-0.25, -0.2) is 0 Å². The van der Waals surface area contributed by atoms with E-state index in [-0.39, 0.29) is 6.61 Å². The molecule has 1 aromatic heterocycles. The number of benzene rings is 2. The minimum Gasteiger partial charge on any atom is -0.396 e. The van der Waals surface area contributed by atoms with Crippen molar-refractivity contribution in [3.63, 3.8) is 0 Å². The van der Waals surface area contributed by atoms with Crippen LogP contribution in [0.5, 0.6) is 0 Å². The number of rotatable bonds is 3. The summed E-state index contributed by atoms with van der Waals surface area (Å²) in [5.74, 6) is 0.